The van der Waals surface area contributed by atoms with Crippen molar-refractivity contribution in [3.05, 3.63) is 11.9 Å². The van der Waals surface area contributed by atoms with E-state index in [-0.39, 0.29) is 12.6 Å². The number of anilines is 1. The molecular weight excluding hydrogens is 306 g/mol. The van der Waals surface area contributed by atoms with E-state index in [4.69, 9.17) is 0 Å². The maximum Gasteiger partial charge on any atom is 0.315 e. The Morgan fingerprint density at radius 3 is 2.62 bits per heavy atom. The topological polar surface area (TPSA) is 82.4 Å². The van der Waals surface area contributed by atoms with Gasteiger partial charge in [0.2, 0.25) is 5.95 Å². The molecule has 7 heteroatoms. The van der Waals surface area contributed by atoms with Crippen molar-refractivity contribution in [3.63, 3.8) is 0 Å². The number of carbonyl (C=O) groups is 1. The number of aliphatic hydroxyl groups is 1. The van der Waals surface area contributed by atoms with Crippen molar-refractivity contribution in [2.75, 3.05) is 25.6 Å². The van der Waals surface area contributed by atoms with Crippen LogP contribution < -0.4 is 15.5 Å². The second-order valence-electron chi connectivity index (χ2n) is 7.22. The minimum absolute atomic E-state index is 0.0401. The van der Waals surface area contributed by atoms with Crippen molar-refractivity contribution in [2.24, 2.45) is 13.0 Å². The van der Waals surface area contributed by atoms with E-state index in [2.05, 4.69) is 15.6 Å². The zero-order chi connectivity index (χ0) is 17.7. The second-order valence-corrected chi connectivity index (χ2v) is 7.22. The van der Waals surface area contributed by atoms with Crippen LogP contribution in [0.3, 0.4) is 0 Å². The summed E-state index contributed by atoms with van der Waals surface area (Å²) in [4.78, 5) is 18.6. The van der Waals surface area contributed by atoms with E-state index in [1.165, 1.54) is 19.3 Å². The Kier molecular flexibility index (Phi) is 6.10. The van der Waals surface area contributed by atoms with E-state index in [9.17, 15) is 9.90 Å². The number of rotatable bonds is 6. The fraction of sp³-hybridized carbons (Fsp3) is 0.765. The van der Waals surface area contributed by atoms with Crippen molar-refractivity contribution < 1.29 is 9.90 Å². The van der Waals surface area contributed by atoms with Gasteiger partial charge in [0.15, 0.2) is 0 Å². The maximum atomic E-state index is 12.3. The van der Waals surface area contributed by atoms with Gasteiger partial charge in [0.1, 0.15) is 0 Å². The van der Waals surface area contributed by atoms with Gasteiger partial charge in [0.05, 0.1) is 30.6 Å². The third kappa shape index (κ3) is 4.20. The summed E-state index contributed by atoms with van der Waals surface area (Å²) in [5.74, 6) is 1.17. The predicted molar refractivity (Wildman–Crippen MR) is 95.0 cm³/mol. The number of amides is 2. The molecule has 1 fully saturated rings. The van der Waals surface area contributed by atoms with Crippen molar-refractivity contribution >= 4 is 12.0 Å². The summed E-state index contributed by atoms with van der Waals surface area (Å²) >= 11 is 0. The molecule has 0 aliphatic heterocycles. The van der Waals surface area contributed by atoms with Crippen LogP contribution in [0, 0.1) is 5.92 Å². The summed E-state index contributed by atoms with van der Waals surface area (Å²) in [6.07, 6.45) is 7.48. The summed E-state index contributed by atoms with van der Waals surface area (Å²) in [5.41, 5.74) is 0.364. The first kappa shape index (κ1) is 18.6. The highest BCUT2D eigenvalue weighted by atomic mass is 16.3. The van der Waals surface area contributed by atoms with Crippen molar-refractivity contribution in [2.45, 2.75) is 51.1 Å². The number of aliphatic hydroxyl groups excluding tert-OH is 1. The monoisotopic (exact) mass is 337 g/mol. The maximum absolute atomic E-state index is 12.3. The normalized spacial score (nSPS) is 18.0. The molecule has 1 heterocycles. The van der Waals surface area contributed by atoms with Gasteiger partial charge in [-0.25, -0.2) is 9.78 Å². The highest BCUT2D eigenvalue weighted by molar-refractivity contribution is 5.74. The first-order valence-electron chi connectivity index (χ1n) is 8.72. The van der Waals surface area contributed by atoms with Gasteiger partial charge < -0.3 is 25.2 Å². The quantitative estimate of drug-likeness (QED) is 0.737. The molecule has 0 bridgehead atoms. The SMILES string of the molecule is CN(C)c1ncc(CNC(=O)N[C@](C)(CO)C2CCCCC2)n1C. The summed E-state index contributed by atoms with van der Waals surface area (Å²) in [7, 11) is 5.79. The number of imidazole rings is 1. The first-order chi connectivity index (χ1) is 11.4. The zero-order valence-corrected chi connectivity index (χ0v) is 15.3. The van der Waals surface area contributed by atoms with E-state index < -0.39 is 5.54 Å². The number of carbonyl (C=O) groups excluding carboxylic acids is 1. The lowest BCUT2D eigenvalue weighted by Crippen LogP contribution is -2.57. The summed E-state index contributed by atoms with van der Waals surface area (Å²) in [6.45, 7) is 2.30. The van der Waals surface area contributed by atoms with Crippen LogP contribution in [0.2, 0.25) is 0 Å². The lowest BCUT2D eigenvalue weighted by atomic mass is 9.76. The van der Waals surface area contributed by atoms with Crippen molar-refractivity contribution in [1.82, 2.24) is 20.2 Å². The predicted octanol–water partition coefficient (Wildman–Crippen LogP) is 1.62. The standard InChI is InChI=1S/C17H31N5O2/c1-17(12-23,13-8-6-5-7-9-13)20-15(24)18-10-14-11-19-16(21(2)3)22(14)4/h11,13,23H,5-10,12H2,1-4H3,(H2,18,20,24)/t17-/m1/s1. The fourth-order valence-corrected chi connectivity index (χ4v) is 3.50. The van der Waals surface area contributed by atoms with Crippen molar-refractivity contribution in [3.8, 4) is 0 Å². The Labute approximate surface area is 144 Å². The van der Waals surface area contributed by atoms with Crippen LogP contribution in [-0.4, -0.2) is 46.9 Å². The molecule has 24 heavy (non-hydrogen) atoms. The summed E-state index contributed by atoms with van der Waals surface area (Å²) < 4.78 is 1.95. The van der Waals surface area contributed by atoms with Gasteiger partial charge in [-0.2, -0.15) is 0 Å². The van der Waals surface area contributed by atoms with Crippen LogP contribution >= 0.6 is 0 Å². The Morgan fingerprint density at radius 1 is 1.42 bits per heavy atom. The third-order valence-electron chi connectivity index (χ3n) is 5.12. The lowest BCUT2D eigenvalue weighted by molar-refractivity contribution is 0.101. The molecule has 2 rings (SSSR count). The molecule has 0 spiro atoms. The molecule has 0 radical (unpaired) electrons. The molecule has 0 aromatic carbocycles. The van der Waals surface area contributed by atoms with Crippen LogP contribution in [-0.2, 0) is 13.6 Å². The van der Waals surface area contributed by atoms with Crippen LogP contribution in [0.15, 0.2) is 6.20 Å². The first-order valence-corrected chi connectivity index (χ1v) is 8.72. The highest BCUT2D eigenvalue weighted by Gasteiger charge is 2.35. The molecule has 2 amide bonds. The fourth-order valence-electron chi connectivity index (χ4n) is 3.50. The third-order valence-corrected chi connectivity index (χ3v) is 5.12. The minimum Gasteiger partial charge on any atom is -0.394 e. The van der Waals surface area contributed by atoms with Crippen LogP contribution in [0.25, 0.3) is 0 Å². The Hall–Kier alpha value is -1.76. The molecule has 1 aromatic rings. The molecule has 1 aliphatic rings. The average molecular weight is 337 g/mol. The van der Waals surface area contributed by atoms with Gasteiger partial charge in [0.25, 0.3) is 0 Å². The lowest BCUT2D eigenvalue weighted by Gasteiger charge is -2.39. The molecule has 136 valence electrons. The number of hydrogen-bond donors (Lipinski definition) is 3. The smallest absolute Gasteiger partial charge is 0.315 e. The van der Waals surface area contributed by atoms with E-state index >= 15 is 0 Å². The molecule has 1 atom stereocenters. The summed E-state index contributed by atoms with van der Waals surface area (Å²) in [5, 5.41) is 15.7. The van der Waals surface area contributed by atoms with Gasteiger partial charge in [-0.15, -0.1) is 0 Å². The van der Waals surface area contributed by atoms with Crippen LogP contribution in [0.5, 0.6) is 0 Å². The molecular formula is C17H31N5O2. The number of nitrogens with zero attached hydrogens (tertiary/aromatic N) is 3. The molecule has 0 unspecified atom stereocenters. The van der Waals surface area contributed by atoms with E-state index in [0.29, 0.717) is 12.5 Å². The molecule has 7 nitrogen and oxygen atoms in total. The number of urea groups is 1. The van der Waals surface area contributed by atoms with Gasteiger partial charge >= 0.3 is 6.03 Å². The van der Waals surface area contributed by atoms with Crippen molar-refractivity contribution in [1.29, 1.82) is 0 Å². The minimum atomic E-state index is -0.564. The Morgan fingerprint density at radius 2 is 2.08 bits per heavy atom. The summed E-state index contributed by atoms with van der Waals surface area (Å²) in [6, 6.07) is -0.246. The molecule has 1 aliphatic carbocycles. The van der Waals surface area contributed by atoms with E-state index in [0.717, 1.165) is 24.5 Å². The Bertz CT molecular complexity index is 551. The average Bonchev–Trinajstić information content (AvgIpc) is 2.94. The number of aromatic nitrogens is 2. The zero-order valence-electron chi connectivity index (χ0n) is 15.3. The molecule has 1 aromatic heterocycles. The van der Waals surface area contributed by atoms with Gasteiger partial charge in [-0.3, -0.25) is 0 Å². The molecule has 0 saturated heterocycles. The highest BCUT2D eigenvalue weighted by Crippen LogP contribution is 2.32. The largest absolute Gasteiger partial charge is 0.394 e. The van der Waals surface area contributed by atoms with E-state index in [1.807, 2.05) is 37.5 Å². The molecule has 1 saturated carbocycles. The number of nitrogens with one attached hydrogen (secondary N) is 2. The van der Waals surface area contributed by atoms with Crippen LogP contribution in [0.1, 0.15) is 44.7 Å². The second kappa shape index (κ2) is 7.88. The van der Waals surface area contributed by atoms with Gasteiger partial charge in [0, 0.05) is 21.1 Å². The van der Waals surface area contributed by atoms with Gasteiger partial charge in [-0.05, 0) is 25.7 Å². The number of hydrogen-bond acceptors (Lipinski definition) is 4. The van der Waals surface area contributed by atoms with Gasteiger partial charge in [-0.1, -0.05) is 19.3 Å². The molecule has 3 N–H and O–H groups in total. The Balaban J connectivity index is 1.92. The van der Waals surface area contributed by atoms with E-state index in [1.54, 1.807) is 6.20 Å². The van der Waals surface area contributed by atoms with Crippen LogP contribution in [0.4, 0.5) is 10.7 Å².